The van der Waals surface area contributed by atoms with Gasteiger partial charge < -0.3 is 26.5 Å². The quantitative estimate of drug-likeness (QED) is 0.0346. The van der Waals surface area contributed by atoms with E-state index in [2.05, 4.69) is 19.2 Å². The van der Waals surface area contributed by atoms with Crippen LogP contribution in [0.3, 0.4) is 0 Å². The molecule has 8 nitrogen and oxygen atoms in total. The first-order chi connectivity index (χ1) is 22.3. The Balaban J connectivity index is -0.000000430. The van der Waals surface area contributed by atoms with Gasteiger partial charge >= 0.3 is 69.3 Å². The van der Waals surface area contributed by atoms with Crippen LogP contribution in [0.1, 0.15) is 192 Å². The zero-order valence-electron chi connectivity index (χ0n) is 33.4. The maximum absolute atomic E-state index is 12.9. The SMILES string of the molecule is CC.CC.CC.CC.[CH2-]CCC(=O)OCC(COC(=O)CCCC)(COC(=O)CCCC)NC(=O)CCCCCCCCCCC.[K+]. The third-order valence-electron chi connectivity index (χ3n) is 6.29. The standard InChI is InChI=1S/C30H54NO7.4C2H6.K/c1-5-9-12-13-14-15-16-17-18-20-26(32)31-30(23-36-27(33)19-8-4,24-37-28(34)21-10-6-2)25-38-29(35)22-11-7-3;4*1-2;/h4-25H2,1-3H3,(H,31,32);4*1-2H3;/q-1;;;;;+1. The summed E-state index contributed by atoms with van der Waals surface area (Å²) in [7, 11) is 0. The summed E-state index contributed by atoms with van der Waals surface area (Å²) in [4.78, 5) is 49.5. The number of carbonyl (C=O) groups is 4. The first kappa shape index (κ1) is 58.7. The smallest absolute Gasteiger partial charge is 0.463 e. The molecule has 0 aliphatic rings. The van der Waals surface area contributed by atoms with Crippen LogP contribution in [0.4, 0.5) is 0 Å². The van der Waals surface area contributed by atoms with Crippen LogP contribution >= 0.6 is 0 Å². The molecule has 1 amide bonds. The minimum atomic E-state index is -1.35. The molecule has 0 radical (unpaired) electrons. The van der Waals surface area contributed by atoms with Gasteiger partial charge in [-0.1, -0.05) is 140 Å². The normalized spacial score (nSPS) is 9.53. The average molecular weight is 700 g/mol. The van der Waals surface area contributed by atoms with Crippen molar-refractivity contribution in [1.29, 1.82) is 0 Å². The predicted octanol–water partition coefficient (Wildman–Crippen LogP) is 7.50. The first-order valence-corrected chi connectivity index (χ1v) is 18.9. The summed E-state index contributed by atoms with van der Waals surface area (Å²) in [5.74, 6) is -1.56. The molecule has 0 spiro atoms. The fourth-order valence-electron chi connectivity index (χ4n) is 3.85. The number of rotatable bonds is 25. The van der Waals surface area contributed by atoms with E-state index in [4.69, 9.17) is 14.2 Å². The molecule has 0 aromatic rings. The Morgan fingerprint density at radius 1 is 0.489 bits per heavy atom. The molecule has 0 bridgehead atoms. The van der Waals surface area contributed by atoms with E-state index in [9.17, 15) is 19.2 Å². The minimum Gasteiger partial charge on any atom is -0.463 e. The summed E-state index contributed by atoms with van der Waals surface area (Å²) in [5, 5.41) is 2.89. The van der Waals surface area contributed by atoms with Crippen molar-refractivity contribution in [1.82, 2.24) is 5.32 Å². The Kier molecular flexibility index (Phi) is 62.3. The van der Waals surface area contributed by atoms with Gasteiger partial charge in [0.25, 0.3) is 0 Å². The zero-order valence-corrected chi connectivity index (χ0v) is 36.5. The number of hydrogen-bond acceptors (Lipinski definition) is 7. The van der Waals surface area contributed by atoms with Gasteiger partial charge in [0.15, 0.2) is 0 Å². The number of amides is 1. The van der Waals surface area contributed by atoms with E-state index < -0.39 is 23.4 Å². The molecular weight excluding hydrogens is 622 g/mol. The Hall–Kier alpha value is -0.484. The molecule has 278 valence electrons. The number of esters is 3. The van der Waals surface area contributed by atoms with Gasteiger partial charge in [-0.3, -0.25) is 19.2 Å². The third-order valence-corrected chi connectivity index (χ3v) is 6.29. The summed E-state index contributed by atoms with van der Waals surface area (Å²) in [6.07, 6.45) is 14.5. The second-order valence-electron chi connectivity index (χ2n) is 10.2. The fourth-order valence-corrected chi connectivity index (χ4v) is 3.85. The second-order valence-corrected chi connectivity index (χ2v) is 10.2. The van der Waals surface area contributed by atoms with Crippen molar-refractivity contribution < 1.29 is 84.8 Å². The van der Waals surface area contributed by atoms with Crippen molar-refractivity contribution in [3.8, 4) is 0 Å². The van der Waals surface area contributed by atoms with Crippen molar-refractivity contribution in [2.75, 3.05) is 19.8 Å². The maximum Gasteiger partial charge on any atom is 1.00 e. The van der Waals surface area contributed by atoms with Crippen LogP contribution in [-0.4, -0.2) is 49.2 Å². The van der Waals surface area contributed by atoms with Crippen molar-refractivity contribution in [3.05, 3.63) is 6.92 Å². The molecule has 0 fully saturated rings. The van der Waals surface area contributed by atoms with Crippen LogP contribution in [0.15, 0.2) is 0 Å². The number of nitrogens with one attached hydrogen (secondary N) is 1. The van der Waals surface area contributed by atoms with Crippen LogP contribution in [0.25, 0.3) is 0 Å². The Morgan fingerprint density at radius 2 is 0.809 bits per heavy atom. The fraction of sp³-hybridized carbons (Fsp3) is 0.868. The molecular formula is C38H78KNO7. The van der Waals surface area contributed by atoms with Gasteiger partial charge in [0.1, 0.15) is 25.4 Å². The summed E-state index contributed by atoms with van der Waals surface area (Å²) in [6.45, 7) is 25.0. The van der Waals surface area contributed by atoms with Crippen molar-refractivity contribution in [2.24, 2.45) is 0 Å². The largest absolute Gasteiger partial charge is 1.00 e. The van der Waals surface area contributed by atoms with Gasteiger partial charge in [-0.15, -0.1) is 0 Å². The molecule has 1 N–H and O–H groups in total. The number of ether oxygens (including phenoxy) is 3. The topological polar surface area (TPSA) is 108 Å². The summed E-state index contributed by atoms with van der Waals surface area (Å²) >= 11 is 0. The van der Waals surface area contributed by atoms with E-state index in [-0.39, 0.29) is 103 Å². The van der Waals surface area contributed by atoms with Gasteiger partial charge in [0.2, 0.25) is 5.91 Å². The molecule has 0 atom stereocenters. The average Bonchev–Trinajstić information content (AvgIpc) is 3.09. The maximum atomic E-state index is 12.9. The molecule has 0 aromatic heterocycles. The van der Waals surface area contributed by atoms with E-state index in [1.807, 2.05) is 69.2 Å². The monoisotopic (exact) mass is 700 g/mol. The van der Waals surface area contributed by atoms with Crippen molar-refractivity contribution >= 4 is 23.8 Å². The van der Waals surface area contributed by atoms with Crippen LogP contribution in [0.2, 0.25) is 0 Å². The van der Waals surface area contributed by atoms with E-state index in [0.29, 0.717) is 19.3 Å². The Labute approximate surface area is 335 Å². The van der Waals surface area contributed by atoms with E-state index in [0.717, 1.165) is 32.1 Å². The van der Waals surface area contributed by atoms with Crippen LogP contribution in [0, 0.1) is 6.92 Å². The number of carbonyl (C=O) groups excluding carboxylic acids is 4. The molecule has 0 aliphatic heterocycles. The van der Waals surface area contributed by atoms with Gasteiger partial charge in [-0.25, -0.2) is 0 Å². The summed E-state index contributed by atoms with van der Waals surface area (Å²) in [6, 6.07) is 0. The molecule has 0 saturated carbocycles. The van der Waals surface area contributed by atoms with E-state index in [1.165, 1.54) is 38.5 Å². The summed E-state index contributed by atoms with van der Waals surface area (Å²) < 4.78 is 16.3. The van der Waals surface area contributed by atoms with Gasteiger partial charge in [-0.05, 0) is 19.3 Å². The van der Waals surface area contributed by atoms with Gasteiger partial charge in [0.05, 0.1) is 0 Å². The Morgan fingerprint density at radius 3 is 1.15 bits per heavy atom. The molecule has 0 aliphatic carbocycles. The van der Waals surface area contributed by atoms with E-state index >= 15 is 0 Å². The molecule has 0 rings (SSSR count). The molecule has 0 saturated heterocycles. The number of hydrogen-bond donors (Lipinski definition) is 1. The molecule has 0 heterocycles. The molecule has 0 unspecified atom stereocenters. The van der Waals surface area contributed by atoms with Crippen LogP contribution in [0.5, 0.6) is 0 Å². The van der Waals surface area contributed by atoms with Crippen molar-refractivity contribution in [3.63, 3.8) is 0 Å². The van der Waals surface area contributed by atoms with Crippen LogP contribution < -0.4 is 56.7 Å². The number of unbranched alkanes of at least 4 members (excludes halogenated alkanes) is 10. The molecule has 47 heavy (non-hydrogen) atoms. The van der Waals surface area contributed by atoms with Gasteiger partial charge in [-0.2, -0.15) is 6.42 Å². The first-order valence-electron chi connectivity index (χ1n) is 18.9. The second kappa shape index (κ2) is 49.9. The summed E-state index contributed by atoms with van der Waals surface area (Å²) in [5.41, 5.74) is -1.35. The zero-order chi connectivity index (χ0) is 36.5. The Bertz CT molecular complexity index is 636. The minimum absolute atomic E-state index is 0. The third kappa shape index (κ3) is 43.5. The van der Waals surface area contributed by atoms with Crippen molar-refractivity contribution in [2.45, 2.75) is 197 Å². The van der Waals surface area contributed by atoms with Crippen LogP contribution in [-0.2, 0) is 33.4 Å². The molecule has 0 aromatic carbocycles. The van der Waals surface area contributed by atoms with E-state index in [1.54, 1.807) is 0 Å². The molecule has 9 heteroatoms. The predicted molar refractivity (Wildman–Crippen MR) is 195 cm³/mol. The van der Waals surface area contributed by atoms with Gasteiger partial charge in [0, 0.05) is 25.7 Å².